The first-order valence-corrected chi connectivity index (χ1v) is 10.5. The van der Waals surface area contributed by atoms with E-state index in [-0.39, 0.29) is 22.0 Å². The summed E-state index contributed by atoms with van der Waals surface area (Å²) in [6, 6.07) is 6.88. The molecule has 8 nitrogen and oxygen atoms in total. The molecule has 0 bridgehead atoms. The van der Waals surface area contributed by atoms with E-state index in [4.69, 9.17) is 25.8 Å². The lowest BCUT2D eigenvalue weighted by molar-refractivity contribution is -0.192. The number of nitrogens with two attached hydrogens (primary N) is 1. The largest absolute Gasteiger partial charge is 0.490 e. The van der Waals surface area contributed by atoms with Gasteiger partial charge < -0.3 is 20.7 Å². The molecule has 5 N–H and O–H groups in total. The van der Waals surface area contributed by atoms with Gasteiger partial charge in [-0.25, -0.2) is 14.0 Å². The van der Waals surface area contributed by atoms with Gasteiger partial charge in [-0.15, -0.1) is 11.3 Å². The molecule has 0 aliphatic rings. The van der Waals surface area contributed by atoms with Gasteiger partial charge in [-0.05, 0) is 49.6 Å². The lowest BCUT2D eigenvalue weighted by Crippen LogP contribution is -2.31. The molecule has 0 aliphatic carbocycles. The molecule has 186 valence electrons. The van der Waals surface area contributed by atoms with Gasteiger partial charge in [0.15, 0.2) is 11.6 Å². The zero-order valence-corrected chi connectivity index (χ0v) is 18.8. The van der Waals surface area contributed by atoms with E-state index in [0.717, 1.165) is 22.3 Å². The van der Waals surface area contributed by atoms with Crippen molar-refractivity contribution in [2.24, 2.45) is 11.1 Å². The summed E-state index contributed by atoms with van der Waals surface area (Å²) < 4.78 is 50.8. The molecule has 0 aliphatic heterocycles. The second-order valence-corrected chi connectivity index (χ2v) is 8.15. The quantitative estimate of drug-likeness (QED) is 0.136. The molecule has 0 fully saturated rings. The second kappa shape index (κ2) is 11.6. The van der Waals surface area contributed by atoms with Crippen molar-refractivity contribution in [3.63, 3.8) is 0 Å². The van der Waals surface area contributed by atoms with Crippen LogP contribution in [0, 0.1) is 16.6 Å². The van der Waals surface area contributed by atoms with Crippen LogP contribution in [0.1, 0.15) is 46.8 Å². The van der Waals surface area contributed by atoms with Crippen LogP contribution in [-0.2, 0) is 16.0 Å². The Balaban J connectivity index is 0.000000718. The monoisotopic (exact) mass is 506 g/mol. The minimum Gasteiger partial charge on any atom is -0.481 e. The van der Waals surface area contributed by atoms with E-state index < -0.39 is 35.3 Å². The molecule has 13 heteroatoms. The fraction of sp³-hybridized carbons (Fsp3) is 0.333. The van der Waals surface area contributed by atoms with Gasteiger partial charge in [0, 0.05) is 10.4 Å². The molecular formula is C21H22F4N2O6S. The van der Waals surface area contributed by atoms with Crippen molar-refractivity contribution in [1.29, 1.82) is 5.41 Å². The summed E-state index contributed by atoms with van der Waals surface area (Å²) in [5, 5.41) is 23.9. The van der Waals surface area contributed by atoms with Gasteiger partial charge in [-0.2, -0.15) is 13.2 Å². The molecule has 0 radical (unpaired) electrons. The lowest BCUT2D eigenvalue weighted by atomic mass is 9.79. The third-order valence-corrected chi connectivity index (χ3v) is 5.94. The van der Waals surface area contributed by atoms with Crippen LogP contribution in [-0.4, -0.2) is 40.1 Å². The van der Waals surface area contributed by atoms with Crippen LogP contribution in [0.4, 0.5) is 17.6 Å². The van der Waals surface area contributed by atoms with Crippen molar-refractivity contribution in [2.45, 2.75) is 39.3 Å². The van der Waals surface area contributed by atoms with Crippen molar-refractivity contribution in [1.82, 2.24) is 0 Å². The molecule has 1 heterocycles. The number of hydrogen-bond acceptors (Lipinski definition) is 6. The maximum absolute atomic E-state index is 14.0. The third kappa shape index (κ3) is 7.54. The highest BCUT2D eigenvalue weighted by Crippen LogP contribution is 2.34. The van der Waals surface area contributed by atoms with E-state index in [1.165, 1.54) is 12.1 Å². The van der Waals surface area contributed by atoms with Gasteiger partial charge in [0.05, 0.1) is 5.41 Å². The normalized spacial score (nSPS) is 11.2. The van der Waals surface area contributed by atoms with Crippen LogP contribution in [0.15, 0.2) is 30.3 Å². The number of rotatable bonds is 8. The number of amidine groups is 1. The number of benzene rings is 1. The van der Waals surface area contributed by atoms with Crippen molar-refractivity contribution in [3.05, 3.63) is 51.5 Å². The van der Waals surface area contributed by atoms with Crippen molar-refractivity contribution >= 4 is 35.1 Å². The number of halogens is 4. The van der Waals surface area contributed by atoms with Crippen LogP contribution in [0.5, 0.6) is 5.75 Å². The molecule has 0 atom stereocenters. The Morgan fingerprint density at radius 3 is 2.03 bits per heavy atom. The zero-order valence-electron chi connectivity index (χ0n) is 18.0. The molecule has 0 spiro atoms. The van der Waals surface area contributed by atoms with Gasteiger partial charge in [0.1, 0.15) is 10.7 Å². The summed E-state index contributed by atoms with van der Waals surface area (Å²) in [4.78, 5) is 33.8. The number of ether oxygens (including phenoxy) is 1. The van der Waals surface area contributed by atoms with Gasteiger partial charge in [-0.1, -0.05) is 13.8 Å². The van der Waals surface area contributed by atoms with Crippen molar-refractivity contribution < 1.29 is 46.9 Å². The van der Waals surface area contributed by atoms with Gasteiger partial charge >= 0.3 is 24.1 Å². The average Bonchev–Trinajstić information content (AvgIpc) is 3.21. The first kappa shape index (κ1) is 28.6. The number of aliphatic carboxylic acids is 2. The number of thiophene rings is 1. The maximum Gasteiger partial charge on any atom is 0.490 e. The van der Waals surface area contributed by atoms with Crippen molar-refractivity contribution in [3.8, 4) is 5.75 Å². The first-order valence-electron chi connectivity index (χ1n) is 9.65. The number of nitrogens with one attached hydrogen (secondary N) is 1. The van der Waals surface area contributed by atoms with Crippen LogP contribution in [0.25, 0.3) is 0 Å². The fourth-order valence-electron chi connectivity index (χ4n) is 2.70. The van der Waals surface area contributed by atoms with Gasteiger partial charge in [-0.3, -0.25) is 10.2 Å². The fourth-order valence-corrected chi connectivity index (χ4v) is 3.72. The van der Waals surface area contributed by atoms with E-state index in [0.29, 0.717) is 19.3 Å². The molecule has 0 amide bonds. The van der Waals surface area contributed by atoms with E-state index in [1.54, 1.807) is 12.1 Å². The topological polar surface area (TPSA) is 151 Å². The molecule has 34 heavy (non-hydrogen) atoms. The number of carboxylic acid groups (broad SMARTS) is 2. The number of esters is 1. The predicted molar refractivity (Wildman–Crippen MR) is 115 cm³/mol. The molecule has 0 saturated heterocycles. The number of carboxylic acids is 2. The number of hydrogen-bond donors (Lipinski definition) is 4. The van der Waals surface area contributed by atoms with E-state index in [2.05, 4.69) is 0 Å². The van der Waals surface area contributed by atoms with Crippen LogP contribution in [0.3, 0.4) is 0 Å². The van der Waals surface area contributed by atoms with E-state index in [1.807, 2.05) is 13.8 Å². The minimum atomic E-state index is -5.08. The average molecular weight is 506 g/mol. The summed E-state index contributed by atoms with van der Waals surface area (Å²) in [7, 11) is 0. The summed E-state index contributed by atoms with van der Waals surface area (Å²) >= 11 is 1.13. The van der Waals surface area contributed by atoms with Crippen LogP contribution >= 0.6 is 11.3 Å². The first-order chi connectivity index (χ1) is 15.7. The zero-order chi connectivity index (χ0) is 26.3. The Morgan fingerprint density at radius 2 is 1.62 bits per heavy atom. The van der Waals surface area contributed by atoms with E-state index >= 15 is 0 Å². The van der Waals surface area contributed by atoms with Gasteiger partial charge in [0.2, 0.25) is 0 Å². The van der Waals surface area contributed by atoms with Crippen LogP contribution in [0.2, 0.25) is 0 Å². The SMILES string of the molecule is CCC(CC)(Cc1ccc(C(=O)Oc2ccc(C(=N)N)cc2F)s1)C(=O)O.O=C(O)C(F)(F)F. The Kier molecular flexibility index (Phi) is 9.73. The molecule has 0 saturated carbocycles. The number of carbonyl (C=O) groups excluding carboxylic acids is 1. The Labute approximate surface area is 195 Å². The summed E-state index contributed by atoms with van der Waals surface area (Å²) in [5.41, 5.74) is 4.61. The summed E-state index contributed by atoms with van der Waals surface area (Å²) in [5.74, 6) is -5.69. The highest BCUT2D eigenvalue weighted by atomic mass is 32.1. The molecule has 1 aromatic carbocycles. The standard InChI is InChI=1S/C19H21FN2O4S.C2HF3O2/c1-3-19(4-2,18(24)25)10-12-6-8-15(27-12)17(23)26-14-7-5-11(16(21)22)9-13(14)20;3-2(4,5)1(6)7/h5-9H,3-4,10H2,1-2H3,(H3,21,22)(H,24,25);(H,6,7). The Hall–Kier alpha value is -3.48. The number of alkyl halides is 3. The summed E-state index contributed by atoms with van der Waals surface area (Å²) in [6.07, 6.45) is -3.82. The van der Waals surface area contributed by atoms with Crippen LogP contribution < -0.4 is 10.5 Å². The summed E-state index contributed by atoms with van der Waals surface area (Å²) in [6.45, 7) is 3.65. The smallest absolute Gasteiger partial charge is 0.481 e. The van der Waals surface area contributed by atoms with Gasteiger partial charge in [0.25, 0.3) is 0 Å². The molecule has 2 aromatic rings. The third-order valence-electron chi connectivity index (χ3n) is 4.87. The molecular weight excluding hydrogens is 484 g/mol. The minimum absolute atomic E-state index is 0.190. The molecule has 1 aromatic heterocycles. The lowest BCUT2D eigenvalue weighted by Gasteiger charge is -2.25. The van der Waals surface area contributed by atoms with E-state index in [9.17, 15) is 32.3 Å². The number of carbonyl (C=O) groups is 3. The second-order valence-electron chi connectivity index (χ2n) is 6.99. The molecule has 2 rings (SSSR count). The van der Waals surface area contributed by atoms with Crippen molar-refractivity contribution in [2.75, 3.05) is 0 Å². The maximum atomic E-state index is 14.0. The highest BCUT2D eigenvalue weighted by Gasteiger charge is 2.38. The Bertz CT molecular complexity index is 1060. The predicted octanol–water partition coefficient (Wildman–Crippen LogP) is 4.46. The molecule has 0 unspecified atom stereocenters. The highest BCUT2D eigenvalue weighted by molar-refractivity contribution is 7.14. The number of nitrogen functional groups attached to an aromatic ring is 1. The Morgan fingerprint density at radius 1 is 1.06 bits per heavy atom.